The third-order valence-electron chi connectivity index (χ3n) is 5.94. The molecule has 1 amide bonds. The number of piperidine rings is 2. The summed E-state index contributed by atoms with van der Waals surface area (Å²) < 4.78 is 10.6. The van der Waals surface area contributed by atoms with E-state index in [9.17, 15) is 9.90 Å². The van der Waals surface area contributed by atoms with Gasteiger partial charge in [-0.05, 0) is 62.4 Å². The highest BCUT2D eigenvalue weighted by atomic mass is 16.5. The van der Waals surface area contributed by atoms with Gasteiger partial charge in [0, 0.05) is 31.8 Å². The van der Waals surface area contributed by atoms with Gasteiger partial charge in [0.25, 0.3) is 0 Å². The molecular weight excluding hydrogens is 344 g/mol. The van der Waals surface area contributed by atoms with Gasteiger partial charge in [0.15, 0.2) is 0 Å². The number of methoxy groups -OCH3 is 2. The van der Waals surface area contributed by atoms with Crippen LogP contribution in [0.3, 0.4) is 0 Å². The number of carbonyl (C=O) groups is 1. The summed E-state index contributed by atoms with van der Waals surface area (Å²) in [6.45, 7) is 4.01. The Morgan fingerprint density at radius 3 is 2.33 bits per heavy atom. The summed E-state index contributed by atoms with van der Waals surface area (Å²) in [5.41, 5.74) is 0.919. The molecule has 6 nitrogen and oxygen atoms in total. The molecule has 1 aromatic rings. The van der Waals surface area contributed by atoms with E-state index in [4.69, 9.17) is 9.47 Å². The molecule has 0 radical (unpaired) electrons. The Hall–Kier alpha value is -1.79. The van der Waals surface area contributed by atoms with Crippen molar-refractivity contribution in [3.63, 3.8) is 0 Å². The van der Waals surface area contributed by atoms with Crippen molar-refractivity contribution in [1.82, 2.24) is 9.80 Å². The predicted molar refractivity (Wildman–Crippen MR) is 104 cm³/mol. The monoisotopic (exact) mass is 376 g/mol. The van der Waals surface area contributed by atoms with Crippen LogP contribution in [0.15, 0.2) is 18.2 Å². The number of ether oxygens (including phenoxy) is 2. The molecule has 2 saturated heterocycles. The van der Waals surface area contributed by atoms with Crippen molar-refractivity contribution in [2.75, 3.05) is 47.0 Å². The van der Waals surface area contributed by atoms with Gasteiger partial charge in [-0.1, -0.05) is 0 Å². The Bertz CT molecular complexity index is 606. The summed E-state index contributed by atoms with van der Waals surface area (Å²) in [6.07, 6.45) is 4.69. The maximum atomic E-state index is 12.9. The minimum absolute atomic E-state index is 0.167. The van der Waals surface area contributed by atoms with Crippen molar-refractivity contribution in [2.45, 2.75) is 38.1 Å². The van der Waals surface area contributed by atoms with E-state index in [1.807, 2.05) is 23.1 Å². The quantitative estimate of drug-likeness (QED) is 0.822. The zero-order chi connectivity index (χ0) is 19.2. The van der Waals surface area contributed by atoms with Gasteiger partial charge in [-0.25, -0.2) is 0 Å². The van der Waals surface area contributed by atoms with Crippen molar-refractivity contribution >= 4 is 5.91 Å². The Morgan fingerprint density at radius 1 is 1.07 bits per heavy atom. The number of nitrogens with zero attached hydrogens (tertiary/aromatic N) is 2. The topological polar surface area (TPSA) is 62.2 Å². The number of hydrogen-bond donors (Lipinski definition) is 1. The number of aliphatic hydroxyl groups is 1. The first-order chi connectivity index (χ1) is 13.1. The minimum Gasteiger partial charge on any atom is -0.497 e. The molecule has 0 bridgehead atoms. The summed E-state index contributed by atoms with van der Waals surface area (Å²) >= 11 is 0. The lowest BCUT2D eigenvalue weighted by atomic mass is 9.94. The number of rotatable bonds is 6. The van der Waals surface area contributed by atoms with Gasteiger partial charge in [-0.15, -0.1) is 0 Å². The Labute approximate surface area is 162 Å². The van der Waals surface area contributed by atoms with Gasteiger partial charge in [-0.2, -0.15) is 0 Å². The number of aliphatic hydroxyl groups excluding tert-OH is 1. The van der Waals surface area contributed by atoms with Gasteiger partial charge >= 0.3 is 0 Å². The second kappa shape index (κ2) is 9.42. The van der Waals surface area contributed by atoms with Crippen molar-refractivity contribution in [2.24, 2.45) is 5.92 Å². The molecule has 0 saturated carbocycles. The molecule has 1 aromatic carbocycles. The average Bonchev–Trinajstić information content (AvgIpc) is 2.73. The van der Waals surface area contributed by atoms with Crippen molar-refractivity contribution in [3.8, 4) is 11.5 Å². The molecule has 0 spiro atoms. The van der Waals surface area contributed by atoms with Crippen molar-refractivity contribution in [1.29, 1.82) is 0 Å². The van der Waals surface area contributed by atoms with Gasteiger partial charge in [0.05, 0.1) is 20.6 Å². The molecule has 2 heterocycles. The highest BCUT2D eigenvalue weighted by Gasteiger charge is 2.30. The summed E-state index contributed by atoms with van der Waals surface area (Å²) in [7, 11) is 3.24. The molecule has 0 aromatic heterocycles. The first-order valence-electron chi connectivity index (χ1n) is 9.97. The molecule has 27 heavy (non-hydrogen) atoms. The van der Waals surface area contributed by atoms with Crippen LogP contribution in [-0.2, 0) is 11.2 Å². The standard InChI is InChI=1S/C21H32N2O4/c1-26-19-10-17(11-20(13-19)27-2)12-21(25)23-7-3-4-18(14-23)22-8-5-16(15-24)6-9-22/h10-11,13,16,18,24H,3-9,12,14-15H2,1-2H3/t18-/m0/s1. The van der Waals surface area contributed by atoms with Crippen LogP contribution in [0.4, 0.5) is 0 Å². The zero-order valence-corrected chi connectivity index (χ0v) is 16.5. The summed E-state index contributed by atoms with van der Waals surface area (Å²) in [4.78, 5) is 17.4. The van der Waals surface area contributed by atoms with E-state index in [1.54, 1.807) is 14.2 Å². The van der Waals surface area contributed by atoms with Crippen LogP contribution < -0.4 is 9.47 Å². The van der Waals surface area contributed by atoms with E-state index in [0.717, 1.165) is 57.4 Å². The third-order valence-corrected chi connectivity index (χ3v) is 5.94. The van der Waals surface area contributed by atoms with Gasteiger partial charge in [0.1, 0.15) is 11.5 Å². The largest absolute Gasteiger partial charge is 0.497 e. The number of carbonyl (C=O) groups excluding carboxylic acids is 1. The highest BCUT2D eigenvalue weighted by molar-refractivity contribution is 5.79. The molecule has 3 rings (SSSR count). The van der Waals surface area contributed by atoms with Crippen LogP contribution in [0.25, 0.3) is 0 Å². The summed E-state index contributed by atoms with van der Waals surface area (Å²) in [5.74, 6) is 2.03. The second-order valence-electron chi connectivity index (χ2n) is 7.70. The van der Waals surface area contributed by atoms with E-state index in [0.29, 0.717) is 36.5 Å². The first kappa shape index (κ1) is 20.0. The minimum atomic E-state index is 0.167. The van der Waals surface area contributed by atoms with Crippen LogP contribution in [0.2, 0.25) is 0 Å². The third kappa shape index (κ3) is 5.14. The Morgan fingerprint density at radius 2 is 1.74 bits per heavy atom. The lowest BCUT2D eigenvalue weighted by Crippen LogP contribution is -2.52. The van der Waals surface area contributed by atoms with E-state index < -0.39 is 0 Å². The molecule has 2 aliphatic rings. The number of amides is 1. The van der Waals surface area contributed by atoms with Crippen LogP contribution >= 0.6 is 0 Å². The fourth-order valence-electron chi connectivity index (χ4n) is 4.23. The lowest BCUT2D eigenvalue weighted by molar-refractivity contribution is -0.132. The molecule has 150 valence electrons. The molecule has 6 heteroatoms. The summed E-state index contributed by atoms with van der Waals surface area (Å²) in [6, 6.07) is 6.08. The molecular formula is C21H32N2O4. The Kier molecular flexibility index (Phi) is 6.96. The molecule has 1 N–H and O–H groups in total. The smallest absolute Gasteiger partial charge is 0.227 e. The fourth-order valence-corrected chi connectivity index (χ4v) is 4.23. The lowest BCUT2D eigenvalue weighted by Gasteiger charge is -2.42. The average molecular weight is 376 g/mol. The fraction of sp³-hybridized carbons (Fsp3) is 0.667. The van der Waals surface area contributed by atoms with E-state index in [2.05, 4.69) is 4.90 Å². The Balaban J connectivity index is 1.58. The van der Waals surface area contributed by atoms with Crippen LogP contribution in [0.5, 0.6) is 11.5 Å². The number of hydrogen-bond acceptors (Lipinski definition) is 5. The van der Waals surface area contributed by atoms with Crippen LogP contribution in [0.1, 0.15) is 31.2 Å². The van der Waals surface area contributed by atoms with Crippen molar-refractivity contribution < 1.29 is 19.4 Å². The SMILES string of the molecule is COc1cc(CC(=O)N2CCC[C@H](N3CCC(CO)CC3)C2)cc(OC)c1. The van der Waals surface area contributed by atoms with E-state index in [1.165, 1.54) is 0 Å². The molecule has 1 atom stereocenters. The zero-order valence-electron chi connectivity index (χ0n) is 16.5. The number of likely N-dealkylation sites (tertiary alicyclic amines) is 2. The normalized spacial score (nSPS) is 21.9. The summed E-state index contributed by atoms with van der Waals surface area (Å²) in [5, 5.41) is 9.33. The van der Waals surface area contributed by atoms with Gasteiger partial charge < -0.3 is 19.5 Å². The van der Waals surface area contributed by atoms with Gasteiger partial charge in [0.2, 0.25) is 5.91 Å². The van der Waals surface area contributed by atoms with E-state index >= 15 is 0 Å². The van der Waals surface area contributed by atoms with Crippen LogP contribution in [-0.4, -0.2) is 73.9 Å². The molecule has 0 aliphatic carbocycles. The molecule has 0 unspecified atom stereocenters. The number of benzene rings is 1. The molecule has 2 fully saturated rings. The molecule has 2 aliphatic heterocycles. The van der Waals surface area contributed by atoms with Crippen molar-refractivity contribution in [3.05, 3.63) is 23.8 Å². The maximum Gasteiger partial charge on any atom is 0.227 e. The predicted octanol–water partition coefficient (Wildman–Crippen LogP) is 1.94. The maximum absolute atomic E-state index is 12.9. The first-order valence-corrected chi connectivity index (χ1v) is 9.97. The van der Waals surface area contributed by atoms with Crippen LogP contribution in [0, 0.1) is 5.92 Å². The van der Waals surface area contributed by atoms with E-state index in [-0.39, 0.29) is 5.91 Å². The highest BCUT2D eigenvalue weighted by Crippen LogP contribution is 2.25. The van der Waals surface area contributed by atoms with Gasteiger partial charge in [-0.3, -0.25) is 9.69 Å². The second-order valence-corrected chi connectivity index (χ2v) is 7.70.